The highest BCUT2D eigenvalue weighted by molar-refractivity contribution is 6.45. The van der Waals surface area contributed by atoms with Crippen molar-refractivity contribution in [3.05, 3.63) is 29.8 Å². The molecule has 6 heteroatoms. The monoisotopic (exact) mass is 303 g/mol. The third-order valence-corrected chi connectivity index (χ3v) is 3.53. The maximum absolute atomic E-state index is 12.0. The Kier molecular flexibility index (Phi) is 5.48. The van der Waals surface area contributed by atoms with Crippen LogP contribution < -0.4 is 5.46 Å². The quantitative estimate of drug-likeness (QED) is 0.846. The van der Waals surface area contributed by atoms with Crippen LogP contribution in [0.15, 0.2) is 24.3 Å². The molecule has 0 atom stereocenters. The van der Waals surface area contributed by atoms with E-state index < -0.39 is 5.60 Å². The van der Waals surface area contributed by atoms with Crippen molar-refractivity contribution < 1.29 is 14.6 Å². The van der Waals surface area contributed by atoms with E-state index in [9.17, 15) is 4.79 Å². The Bertz CT molecular complexity index is 508. The van der Waals surface area contributed by atoms with Crippen LogP contribution in [0, 0.1) is 0 Å². The van der Waals surface area contributed by atoms with Gasteiger partial charge in [0.1, 0.15) is 5.60 Å². The lowest BCUT2D eigenvalue weighted by molar-refractivity contribution is 0.0139. The van der Waals surface area contributed by atoms with E-state index in [1.165, 1.54) is 0 Å². The van der Waals surface area contributed by atoms with E-state index in [0.717, 1.165) is 38.1 Å². The van der Waals surface area contributed by atoms with Crippen molar-refractivity contribution in [3.63, 3.8) is 0 Å². The van der Waals surface area contributed by atoms with Crippen LogP contribution in [0.2, 0.25) is 0 Å². The van der Waals surface area contributed by atoms with Gasteiger partial charge in [-0.1, -0.05) is 29.7 Å². The van der Waals surface area contributed by atoms with Crippen molar-refractivity contribution in [2.75, 3.05) is 26.2 Å². The standard InChI is InChI=1S/C16H24BN2O3/c1-16(2,3)22-15(20)19-9-7-18(8-10-19)12-13-5-4-6-14(11-13)17-21/h4-6,11,21H,7-10,12H2,1-3H3. The van der Waals surface area contributed by atoms with E-state index in [1.54, 1.807) is 4.90 Å². The van der Waals surface area contributed by atoms with Crippen molar-refractivity contribution in [1.29, 1.82) is 0 Å². The summed E-state index contributed by atoms with van der Waals surface area (Å²) >= 11 is 0. The molecule has 1 heterocycles. The zero-order valence-corrected chi connectivity index (χ0v) is 13.6. The summed E-state index contributed by atoms with van der Waals surface area (Å²) in [4.78, 5) is 16.1. The predicted octanol–water partition coefficient (Wildman–Crippen LogP) is 0.976. The molecule has 0 saturated carbocycles. The molecule has 5 nitrogen and oxygen atoms in total. The minimum Gasteiger partial charge on any atom is -0.450 e. The number of hydrogen-bond acceptors (Lipinski definition) is 4. The first kappa shape index (κ1) is 16.8. The minimum atomic E-state index is -0.449. The second kappa shape index (κ2) is 7.16. The molecule has 1 fully saturated rings. The van der Waals surface area contributed by atoms with E-state index in [1.807, 2.05) is 45.0 Å². The minimum absolute atomic E-state index is 0.232. The Morgan fingerprint density at radius 3 is 2.55 bits per heavy atom. The third-order valence-electron chi connectivity index (χ3n) is 3.53. The molecule has 119 valence electrons. The molecule has 0 unspecified atom stereocenters. The lowest BCUT2D eigenvalue weighted by Gasteiger charge is -2.35. The second-order valence-corrected chi connectivity index (χ2v) is 6.62. The summed E-state index contributed by atoms with van der Waals surface area (Å²) in [5.41, 5.74) is 1.52. The molecule has 0 spiro atoms. The molecular weight excluding hydrogens is 279 g/mol. The first-order valence-corrected chi connectivity index (χ1v) is 7.64. The van der Waals surface area contributed by atoms with E-state index in [4.69, 9.17) is 9.76 Å². The fourth-order valence-corrected chi connectivity index (χ4v) is 2.45. The van der Waals surface area contributed by atoms with Gasteiger partial charge in [0, 0.05) is 32.7 Å². The summed E-state index contributed by atoms with van der Waals surface area (Å²) in [6, 6.07) is 7.83. The highest BCUT2D eigenvalue weighted by atomic mass is 16.6. The summed E-state index contributed by atoms with van der Waals surface area (Å²) in [5, 5.41) is 9.06. The molecule has 22 heavy (non-hydrogen) atoms. The fraction of sp³-hybridized carbons (Fsp3) is 0.562. The van der Waals surface area contributed by atoms with Crippen LogP contribution in [0.3, 0.4) is 0 Å². The average molecular weight is 303 g/mol. The average Bonchev–Trinajstić information content (AvgIpc) is 2.46. The maximum atomic E-state index is 12.0. The lowest BCUT2D eigenvalue weighted by Crippen LogP contribution is -2.49. The number of carbonyl (C=O) groups excluding carboxylic acids is 1. The highest BCUT2D eigenvalue weighted by Crippen LogP contribution is 2.13. The molecule has 0 aromatic heterocycles. The zero-order valence-electron chi connectivity index (χ0n) is 13.6. The van der Waals surface area contributed by atoms with E-state index in [-0.39, 0.29) is 6.09 Å². The molecule has 1 amide bonds. The molecule has 1 aromatic rings. The summed E-state index contributed by atoms with van der Waals surface area (Å²) in [6.07, 6.45) is -0.232. The normalized spacial score (nSPS) is 16.5. The van der Waals surface area contributed by atoms with E-state index in [0.29, 0.717) is 13.1 Å². The van der Waals surface area contributed by atoms with Gasteiger partial charge in [0.15, 0.2) is 0 Å². The third kappa shape index (κ3) is 5.03. The summed E-state index contributed by atoms with van der Waals surface area (Å²) in [5.74, 6) is 0. The van der Waals surface area contributed by atoms with Crippen LogP contribution in [0.4, 0.5) is 4.79 Å². The number of hydrogen-bond donors (Lipinski definition) is 1. The Morgan fingerprint density at radius 1 is 1.27 bits per heavy atom. The number of amides is 1. The van der Waals surface area contributed by atoms with Gasteiger partial charge in [0.2, 0.25) is 0 Å². The van der Waals surface area contributed by atoms with Gasteiger partial charge in [0.05, 0.1) is 0 Å². The topological polar surface area (TPSA) is 53.0 Å². The van der Waals surface area contributed by atoms with Gasteiger partial charge >= 0.3 is 13.6 Å². The van der Waals surface area contributed by atoms with Crippen molar-refractivity contribution in [2.45, 2.75) is 32.9 Å². The van der Waals surface area contributed by atoms with Crippen LogP contribution in [-0.4, -0.2) is 60.2 Å². The fourth-order valence-electron chi connectivity index (χ4n) is 2.45. The maximum Gasteiger partial charge on any atom is 0.410 e. The first-order valence-electron chi connectivity index (χ1n) is 7.64. The summed E-state index contributed by atoms with van der Waals surface area (Å²) in [7, 11) is 1.12. The van der Waals surface area contributed by atoms with Crippen molar-refractivity contribution >= 4 is 19.0 Å². The number of piperazine rings is 1. The van der Waals surface area contributed by atoms with Gasteiger partial charge in [-0.25, -0.2) is 4.79 Å². The van der Waals surface area contributed by atoms with Gasteiger partial charge in [-0.15, -0.1) is 0 Å². The van der Waals surface area contributed by atoms with Gasteiger partial charge in [-0.05, 0) is 26.3 Å². The van der Waals surface area contributed by atoms with E-state index in [2.05, 4.69) is 4.90 Å². The Hall–Kier alpha value is -1.53. The van der Waals surface area contributed by atoms with Crippen LogP contribution in [-0.2, 0) is 11.3 Å². The SMILES string of the molecule is CC(C)(C)OC(=O)N1CCN(Cc2cccc([B]O)c2)CC1. The smallest absolute Gasteiger partial charge is 0.410 e. The van der Waals surface area contributed by atoms with Crippen LogP contribution in [0.5, 0.6) is 0 Å². The molecule has 0 aliphatic carbocycles. The predicted molar refractivity (Wildman–Crippen MR) is 87.1 cm³/mol. The molecule has 0 bridgehead atoms. The second-order valence-electron chi connectivity index (χ2n) is 6.62. The summed E-state index contributed by atoms with van der Waals surface area (Å²) < 4.78 is 5.40. The van der Waals surface area contributed by atoms with Gasteiger partial charge in [-0.2, -0.15) is 0 Å². The molecule has 1 radical (unpaired) electrons. The molecule has 1 aliphatic heterocycles. The molecule has 1 aliphatic rings. The van der Waals surface area contributed by atoms with Crippen molar-refractivity contribution in [1.82, 2.24) is 9.80 Å². The Morgan fingerprint density at radius 2 is 1.95 bits per heavy atom. The number of benzene rings is 1. The summed E-state index contributed by atoms with van der Waals surface area (Å²) in [6.45, 7) is 9.48. The largest absolute Gasteiger partial charge is 0.450 e. The van der Waals surface area contributed by atoms with Crippen LogP contribution in [0.25, 0.3) is 0 Å². The molecule has 2 rings (SSSR count). The number of nitrogens with zero attached hydrogens (tertiary/aromatic N) is 2. The molecule has 1 N–H and O–H groups in total. The number of ether oxygens (including phenoxy) is 1. The number of carbonyl (C=O) groups is 1. The molecule has 1 aromatic carbocycles. The van der Waals surface area contributed by atoms with Crippen molar-refractivity contribution in [2.24, 2.45) is 0 Å². The Balaban J connectivity index is 1.83. The number of rotatable bonds is 3. The van der Waals surface area contributed by atoms with Gasteiger partial charge < -0.3 is 14.7 Å². The first-order chi connectivity index (χ1) is 10.4. The van der Waals surface area contributed by atoms with Crippen molar-refractivity contribution in [3.8, 4) is 0 Å². The van der Waals surface area contributed by atoms with Crippen LogP contribution in [0.1, 0.15) is 26.3 Å². The molecule has 1 saturated heterocycles. The highest BCUT2D eigenvalue weighted by Gasteiger charge is 2.25. The van der Waals surface area contributed by atoms with Gasteiger partial charge in [-0.3, -0.25) is 4.90 Å². The zero-order chi connectivity index (χ0) is 16.2. The molecular formula is C16H24BN2O3. The Labute approximate surface area is 133 Å². The van der Waals surface area contributed by atoms with Crippen LogP contribution >= 0.6 is 0 Å². The van der Waals surface area contributed by atoms with E-state index >= 15 is 0 Å². The van der Waals surface area contributed by atoms with Gasteiger partial charge in [0.25, 0.3) is 0 Å². The lowest BCUT2D eigenvalue weighted by atomic mass is 9.87.